The van der Waals surface area contributed by atoms with Crippen molar-refractivity contribution >= 4 is 17.3 Å². The summed E-state index contributed by atoms with van der Waals surface area (Å²) in [5.74, 6) is 0. The highest BCUT2D eigenvalue weighted by atomic mass is 35.5. The van der Waals surface area contributed by atoms with Gasteiger partial charge in [-0.1, -0.05) is 11.6 Å². The van der Waals surface area contributed by atoms with Gasteiger partial charge in [0.15, 0.2) is 0 Å². The van der Waals surface area contributed by atoms with Crippen LogP contribution in [-0.4, -0.2) is 31.8 Å². The van der Waals surface area contributed by atoms with Crippen LogP contribution >= 0.6 is 11.6 Å². The lowest BCUT2D eigenvalue weighted by Gasteiger charge is -2.35. The third-order valence-electron chi connectivity index (χ3n) is 3.90. The van der Waals surface area contributed by atoms with Gasteiger partial charge in [-0.05, 0) is 57.4 Å². The Morgan fingerprint density at radius 3 is 2.81 bits per heavy atom. The highest BCUT2D eigenvalue weighted by Gasteiger charge is 2.22. The summed E-state index contributed by atoms with van der Waals surface area (Å²) in [7, 11) is 1.80. The molecule has 1 heterocycles. The first-order valence-corrected chi connectivity index (χ1v) is 8.08. The number of benzene rings is 1. The minimum atomic E-state index is 0.0938. The molecule has 1 atom stereocenters. The topological polar surface area (TPSA) is 24.5 Å². The fourth-order valence-corrected chi connectivity index (χ4v) is 2.91. The number of rotatable bonds is 4. The molecule has 118 valence electrons. The summed E-state index contributed by atoms with van der Waals surface area (Å²) in [5, 5.41) is 4.35. The van der Waals surface area contributed by atoms with Crippen molar-refractivity contribution < 1.29 is 4.74 Å². The molecule has 0 aliphatic carbocycles. The van der Waals surface area contributed by atoms with Crippen LogP contribution in [0.5, 0.6) is 0 Å². The van der Waals surface area contributed by atoms with Gasteiger partial charge in [0.05, 0.1) is 6.10 Å². The Hall–Kier alpha value is -0.770. The summed E-state index contributed by atoms with van der Waals surface area (Å²) in [6.07, 6.45) is 2.65. The zero-order chi connectivity index (χ0) is 15.5. The van der Waals surface area contributed by atoms with Gasteiger partial charge >= 0.3 is 0 Å². The monoisotopic (exact) mass is 310 g/mol. The van der Waals surface area contributed by atoms with Crippen LogP contribution in [0.4, 0.5) is 5.69 Å². The maximum absolute atomic E-state index is 6.19. The minimum absolute atomic E-state index is 0.0938. The summed E-state index contributed by atoms with van der Waals surface area (Å²) in [6.45, 7) is 9.41. The van der Waals surface area contributed by atoms with Crippen molar-refractivity contribution in [3.05, 3.63) is 28.8 Å². The van der Waals surface area contributed by atoms with Crippen LogP contribution in [0, 0.1) is 0 Å². The number of nitrogens with zero attached hydrogens (tertiary/aromatic N) is 1. The molecule has 0 saturated carbocycles. The minimum Gasteiger partial charge on any atom is -0.380 e. The molecule has 1 aromatic carbocycles. The Bertz CT molecular complexity index is 470. The van der Waals surface area contributed by atoms with Gasteiger partial charge in [-0.15, -0.1) is 0 Å². The zero-order valence-electron chi connectivity index (χ0n) is 13.6. The Kier molecular flexibility index (Phi) is 5.53. The number of halogens is 1. The van der Waals surface area contributed by atoms with E-state index in [4.69, 9.17) is 16.3 Å². The number of nitrogens with one attached hydrogen (secondary N) is 1. The Balaban J connectivity index is 2.17. The summed E-state index contributed by atoms with van der Waals surface area (Å²) < 4.78 is 5.54. The molecule has 1 saturated heterocycles. The first-order valence-electron chi connectivity index (χ1n) is 7.70. The first-order chi connectivity index (χ1) is 9.89. The van der Waals surface area contributed by atoms with E-state index < -0.39 is 0 Å². The lowest BCUT2D eigenvalue weighted by molar-refractivity contribution is 0.0893. The molecule has 4 heteroatoms. The number of methoxy groups -OCH3 is 1. The van der Waals surface area contributed by atoms with Crippen LogP contribution in [0.25, 0.3) is 0 Å². The Morgan fingerprint density at radius 2 is 2.14 bits per heavy atom. The van der Waals surface area contributed by atoms with Crippen LogP contribution < -0.4 is 10.2 Å². The van der Waals surface area contributed by atoms with Crippen molar-refractivity contribution in [2.45, 2.75) is 51.8 Å². The van der Waals surface area contributed by atoms with E-state index in [0.717, 1.165) is 31.1 Å². The van der Waals surface area contributed by atoms with E-state index in [1.54, 1.807) is 7.11 Å². The van der Waals surface area contributed by atoms with Gasteiger partial charge < -0.3 is 15.0 Å². The predicted octanol–water partition coefficient (Wildman–Crippen LogP) is 3.84. The van der Waals surface area contributed by atoms with Crippen molar-refractivity contribution in [3.8, 4) is 0 Å². The van der Waals surface area contributed by atoms with Crippen LogP contribution in [0.1, 0.15) is 39.2 Å². The Labute approximate surface area is 133 Å². The predicted molar refractivity (Wildman–Crippen MR) is 90.3 cm³/mol. The maximum Gasteiger partial charge on any atom is 0.0746 e. The SMILES string of the molecule is COC1CCCN(c2ccc(Cl)cc2CNC(C)(C)C)C1. The van der Waals surface area contributed by atoms with E-state index in [-0.39, 0.29) is 5.54 Å². The third-order valence-corrected chi connectivity index (χ3v) is 4.14. The second-order valence-electron chi connectivity index (χ2n) is 6.82. The van der Waals surface area contributed by atoms with Gasteiger partial charge in [0.2, 0.25) is 0 Å². The quantitative estimate of drug-likeness (QED) is 0.914. The summed E-state index contributed by atoms with van der Waals surface area (Å²) in [4.78, 5) is 2.42. The molecule has 0 aromatic heterocycles. The molecule has 0 amide bonds. The molecule has 1 aliphatic heterocycles. The number of hydrogen-bond donors (Lipinski definition) is 1. The van der Waals surface area contributed by atoms with E-state index in [0.29, 0.717) is 6.10 Å². The molecule has 1 unspecified atom stereocenters. The van der Waals surface area contributed by atoms with Crippen molar-refractivity contribution in [1.29, 1.82) is 0 Å². The third kappa shape index (κ3) is 4.87. The van der Waals surface area contributed by atoms with E-state index in [2.05, 4.69) is 43.1 Å². The lowest BCUT2D eigenvalue weighted by atomic mass is 10.0. The number of piperidine rings is 1. The van der Waals surface area contributed by atoms with Crippen LogP contribution in [0.15, 0.2) is 18.2 Å². The molecule has 0 radical (unpaired) electrons. The molecule has 1 aromatic rings. The average Bonchev–Trinajstić information content (AvgIpc) is 2.44. The van der Waals surface area contributed by atoms with Gasteiger partial charge in [-0.3, -0.25) is 0 Å². The normalized spacial score (nSPS) is 19.9. The lowest BCUT2D eigenvalue weighted by Crippen LogP contribution is -2.40. The highest BCUT2D eigenvalue weighted by Crippen LogP contribution is 2.28. The van der Waals surface area contributed by atoms with Gasteiger partial charge in [0, 0.05) is 43.0 Å². The summed E-state index contributed by atoms with van der Waals surface area (Å²) >= 11 is 6.19. The van der Waals surface area contributed by atoms with E-state index >= 15 is 0 Å². The number of ether oxygens (including phenoxy) is 1. The van der Waals surface area contributed by atoms with Crippen molar-refractivity contribution in [1.82, 2.24) is 5.32 Å². The standard InChI is InChI=1S/C17H27ClN2O/c1-17(2,3)19-11-13-10-14(18)7-8-16(13)20-9-5-6-15(12-20)21-4/h7-8,10,15,19H,5-6,9,11-12H2,1-4H3. The average molecular weight is 311 g/mol. The van der Waals surface area contributed by atoms with E-state index in [9.17, 15) is 0 Å². The molecular formula is C17H27ClN2O. The summed E-state index contributed by atoms with van der Waals surface area (Å²) in [6, 6.07) is 6.19. The van der Waals surface area contributed by atoms with Gasteiger partial charge in [0.1, 0.15) is 0 Å². The Morgan fingerprint density at radius 1 is 1.38 bits per heavy atom. The molecule has 0 spiro atoms. The van der Waals surface area contributed by atoms with E-state index in [1.807, 2.05) is 6.07 Å². The van der Waals surface area contributed by atoms with Gasteiger partial charge in [-0.2, -0.15) is 0 Å². The van der Waals surface area contributed by atoms with Crippen LogP contribution in [-0.2, 0) is 11.3 Å². The highest BCUT2D eigenvalue weighted by molar-refractivity contribution is 6.30. The molecule has 3 nitrogen and oxygen atoms in total. The van der Waals surface area contributed by atoms with Gasteiger partial charge in [0.25, 0.3) is 0 Å². The second kappa shape index (κ2) is 6.99. The first kappa shape index (κ1) is 16.6. The molecule has 2 rings (SSSR count). The fraction of sp³-hybridized carbons (Fsp3) is 0.647. The smallest absolute Gasteiger partial charge is 0.0746 e. The molecule has 1 fully saturated rings. The fourth-order valence-electron chi connectivity index (χ4n) is 2.71. The second-order valence-corrected chi connectivity index (χ2v) is 7.26. The zero-order valence-corrected chi connectivity index (χ0v) is 14.3. The molecule has 0 bridgehead atoms. The molecule has 1 aliphatic rings. The van der Waals surface area contributed by atoms with Crippen LogP contribution in [0.2, 0.25) is 5.02 Å². The molecular weight excluding hydrogens is 284 g/mol. The molecule has 1 N–H and O–H groups in total. The summed E-state index contributed by atoms with van der Waals surface area (Å²) in [5.41, 5.74) is 2.63. The van der Waals surface area contributed by atoms with Crippen molar-refractivity contribution in [2.24, 2.45) is 0 Å². The largest absolute Gasteiger partial charge is 0.380 e. The molecule has 21 heavy (non-hydrogen) atoms. The van der Waals surface area contributed by atoms with Crippen molar-refractivity contribution in [2.75, 3.05) is 25.1 Å². The number of hydrogen-bond acceptors (Lipinski definition) is 3. The van der Waals surface area contributed by atoms with Crippen LogP contribution in [0.3, 0.4) is 0 Å². The van der Waals surface area contributed by atoms with E-state index in [1.165, 1.54) is 17.7 Å². The van der Waals surface area contributed by atoms with Gasteiger partial charge in [-0.25, -0.2) is 0 Å². The number of anilines is 1. The van der Waals surface area contributed by atoms with Crippen molar-refractivity contribution in [3.63, 3.8) is 0 Å². The maximum atomic E-state index is 6.19.